The lowest BCUT2D eigenvalue weighted by Crippen LogP contribution is -2.31. The monoisotopic (exact) mass is 452 g/mol. The zero-order valence-corrected chi connectivity index (χ0v) is 17.6. The number of nitrogens with zero attached hydrogens (tertiary/aromatic N) is 5. The van der Waals surface area contributed by atoms with Gasteiger partial charge in [-0.25, -0.2) is 9.97 Å². The molecule has 7 nitrogen and oxygen atoms in total. The summed E-state index contributed by atoms with van der Waals surface area (Å²) in [6, 6.07) is 8.15. The van der Waals surface area contributed by atoms with Gasteiger partial charge in [0, 0.05) is 28.0 Å². The molecule has 2 N–H and O–H groups in total. The van der Waals surface area contributed by atoms with Crippen LogP contribution in [0.2, 0.25) is 0 Å². The van der Waals surface area contributed by atoms with Gasteiger partial charge in [0.1, 0.15) is 11.3 Å². The Labute approximate surface area is 176 Å². The molecule has 0 bridgehead atoms. The van der Waals surface area contributed by atoms with Crippen LogP contribution in [0.4, 0.5) is 5.82 Å². The molecule has 0 radical (unpaired) electrons. The molecule has 0 unspecified atom stereocenters. The number of anilines is 1. The van der Waals surface area contributed by atoms with Crippen LogP contribution in [0.25, 0.3) is 33.7 Å². The number of likely N-dealkylation sites (tertiary alicyclic amines) is 1. The molecule has 8 heteroatoms. The maximum Gasteiger partial charge on any atom is 0.231 e. The molecule has 0 aliphatic carbocycles. The first-order chi connectivity index (χ1) is 14.1. The average molecular weight is 453 g/mol. The number of fused-ring (bicyclic) bond motifs is 1. The zero-order chi connectivity index (χ0) is 20.0. The van der Waals surface area contributed by atoms with Gasteiger partial charge in [0.2, 0.25) is 5.89 Å². The van der Waals surface area contributed by atoms with Crippen molar-refractivity contribution in [2.24, 2.45) is 0 Å². The predicted octanol–water partition coefficient (Wildman–Crippen LogP) is 4.36. The normalized spacial score (nSPS) is 15.9. The van der Waals surface area contributed by atoms with Gasteiger partial charge in [-0.2, -0.15) is 5.10 Å². The van der Waals surface area contributed by atoms with E-state index < -0.39 is 0 Å². The molecular formula is C21H21BrN6O. The van der Waals surface area contributed by atoms with Crippen molar-refractivity contribution in [3.05, 3.63) is 47.3 Å². The number of halogens is 1. The highest BCUT2D eigenvalue weighted by Gasteiger charge is 2.20. The largest absolute Gasteiger partial charge is 0.436 e. The Morgan fingerprint density at radius 3 is 2.79 bits per heavy atom. The van der Waals surface area contributed by atoms with E-state index >= 15 is 0 Å². The molecule has 3 aromatic heterocycles. The van der Waals surface area contributed by atoms with E-state index in [-0.39, 0.29) is 0 Å². The molecular weight excluding hydrogens is 432 g/mol. The Morgan fingerprint density at radius 1 is 1.14 bits per heavy atom. The number of pyridine rings is 1. The highest BCUT2D eigenvalue weighted by atomic mass is 79.9. The Balaban J connectivity index is 1.48. The number of piperidine rings is 1. The summed E-state index contributed by atoms with van der Waals surface area (Å²) in [6.07, 6.45) is 7.98. The molecule has 0 spiro atoms. The Morgan fingerprint density at radius 2 is 1.97 bits per heavy atom. The second-order valence-corrected chi connectivity index (χ2v) is 8.45. The van der Waals surface area contributed by atoms with Crippen molar-refractivity contribution >= 4 is 32.8 Å². The fraction of sp³-hybridized carbons (Fsp3) is 0.286. The maximum atomic E-state index is 6.14. The summed E-state index contributed by atoms with van der Waals surface area (Å²) in [4.78, 5) is 11.3. The van der Waals surface area contributed by atoms with Gasteiger partial charge in [0.05, 0.1) is 17.8 Å². The van der Waals surface area contributed by atoms with Crippen LogP contribution in [0.15, 0.2) is 51.7 Å². The average Bonchev–Trinajstić information content (AvgIpc) is 3.36. The first-order valence-corrected chi connectivity index (χ1v) is 10.4. The molecule has 1 aliphatic rings. The van der Waals surface area contributed by atoms with Crippen LogP contribution >= 0.6 is 15.9 Å². The van der Waals surface area contributed by atoms with Crippen molar-refractivity contribution in [3.8, 4) is 22.6 Å². The molecule has 29 heavy (non-hydrogen) atoms. The highest BCUT2D eigenvalue weighted by Crippen LogP contribution is 2.32. The summed E-state index contributed by atoms with van der Waals surface area (Å²) in [5.41, 5.74) is 10.3. The standard InChI is InChI=1S/C21H21BrN6O/c1-27-6-4-16(5-7-27)28-12-14(11-25-28)13-8-17(20(23)24-10-13)21-26-18-3-2-15(22)9-19(18)29-21/h2-3,8-12,16H,4-7H2,1H3,(H2,23,24). The fourth-order valence-electron chi connectivity index (χ4n) is 3.76. The number of aromatic nitrogens is 4. The van der Waals surface area contributed by atoms with Crippen molar-refractivity contribution in [2.45, 2.75) is 18.9 Å². The van der Waals surface area contributed by atoms with Crippen LogP contribution in [0.5, 0.6) is 0 Å². The first kappa shape index (κ1) is 18.3. The molecule has 1 aliphatic heterocycles. The lowest BCUT2D eigenvalue weighted by Gasteiger charge is -2.28. The molecule has 4 heterocycles. The SMILES string of the molecule is CN1CCC(n2cc(-c3cnc(N)c(-c4nc5ccc(Br)cc5o4)c3)cn2)CC1. The summed E-state index contributed by atoms with van der Waals surface area (Å²) >= 11 is 3.46. The third-order valence-electron chi connectivity index (χ3n) is 5.50. The molecule has 4 aromatic rings. The number of oxazole rings is 1. The van der Waals surface area contributed by atoms with Crippen molar-refractivity contribution in [1.82, 2.24) is 24.6 Å². The summed E-state index contributed by atoms with van der Waals surface area (Å²) in [6.45, 7) is 2.20. The summed E-state index contributed by atoms with van der Waals surface area (Å²) in [5.74, 6) is 0.856. The smallest absolute Gasteiger partial charge is 0.231 e. The van der Waals surface area contributed by atoms with Gasteiger partial charge in [-0.1, -0.05) is 15.9 Å². The quantitative estimate of drug-likeness (QED) is 0.496. The van der Waals surface area contributed by atoms with Crippen molar-refractivity contribution < 1.29 is 4.42 Å². The van der Waals surface area contributed by atoms with Gasteiger partial charge in [0.15, 0.2) is 5.58 Å². The number of nitrogens with two attached hydrogens (primary N) is 1. The van der Waals surface area contributed by atoms with Gasteiger partial charge < -0.3 is 15.1 Å². The second-order valence-electron chi connectivity index (χ2n) is 7.53. The highest BCUT2D eigenvalue weighted by molar-refractivity contribution is 9.10. The number of hydrogen-bond acceptors (Lipinski definition) is 6. The second kappa shape index (κ2) is 7.27. The number of benzene rings is 1. The lowest BCUT2D eigenvalue weighted by molar-refractivity contribution is 0.212. The third kappa shape index (κ3) is 3.54. The minimum atomic E-state index is 0.391. The first-order valence-electron chi connectivity index (χ1n) is 9.62. The van der Waals surface area contributed by atoms with Crippen LogP contribution in [-0.4, -0.2) is 44.8 Å². The van der Waals surface area contributed by atoms with Gasteiger partial charge in [-0.05, 0) is 57.2 Å². The summed E-state index contributed by atoms with van der Waals surface area (Å²) < 4.78 is 8.95. The molecule has 1 aromatic carbocycles. The van der Waals surface area contributed by atoms with E-state index in [9.17, 15) is 0 Å². The van der Waals surface area contributed by atoms with Gasteiger partial charge in [-0.15, -0.1) is 0 Å². The minimum absolute atomic E-state index is 0.391. The maximum absolute atomic E-state index is 6.14. The van der Waals surface area contributed by atoms with Crippen molar-refractivity contribution in [3.63, 3.8) is 0 Å². The molecule has 0 saturated carbocycles. The topological polar surface area (TPSA) is 86.0 Å². The third-order valence-corrected chi connectivity index (χ3v) is 5.99. The summed E-state index contributed by atoms with van der Waals surface area (Å²) in [5, 5.41) is 4.61. The number of hydrogen-bond donors (Lipinski definition) is 1. The van der Waals surface area contributed by atoms with E-state index in [0.717, 1.165) is 47.0 Å². The Bertz CT molecular complexity index is 1180. The van der Waals surface area contributed by atoms with E-state index in [4.69, 9.17) is 10.2 Å². The predicted molar refractivity (Wildman–Crippen MR) is 116 cm³/mol. The zero-order valence-electron chi connectivity index (χ0n) is 16.0. The number of nitrogen functional groups attached to an aromatic ring is 1. The molecule has 148 valence electrons. The molecule has 0 atom stereocenters. The Kier molecular flexibility index (Phi) is 4.60. The van der Waals surface area contributed by atoms with E-state index in [1.807, 2.05) is 30.5 Å². The fourth-order valence-corrected chi connectivity index (χ4v) is 4.10. The van der Waals surface area contributed by atoms with E-state index in [1.165, 1.54) is 0 Å². The van der Waals surface area contributed by atoms with Gasteiger partial charge in [-0.3, -0.25) is 4.68 Å². The van der Waals surface area contributed by atoms with Crippen LogP contribution < -0.4 is 5.73 Å². The van der Waals surface area contributed by atoms with Crippen LogP contribution in [0, 0.1) is 0 Å². The van der Waals surface area contributed by atoms with Crippen LogP contribution in [0.3, 0.4) is 0 Å². The molecule has 0 amide bonds. The van der Waals surface area contributed by atoms with Gasteiger partial charge in [0.25, 0.3) is 0 Å². The van der Waals surface area contributed by atoms with Crippen LogP contribution in [-0.2, 0) is 0 Å². The minimum Gasteiger partial charge on any atom is -0.436 e. The van der Waals surface area contributed by atoms with Crippen LogP contribution in [0.1, 0.15) is 18.9 Å². The number of rotatable bonds is 3. The summed E-state index contributed by atoms with van der Waals surface area (Å²) in [7, 11) is 2.16. The van der Waals surface area contributed by atoms with E-state index in [1.54, 1.807) is 6.20 Å². The Hall–Kier alpha value is -2.71. The van der Waals surface area contributed by atoms with Gasteiger partial charge >= 0.3 is 0 Å². The van der Waals surface area contributed by atoms with Crippen molar-refractivity contribution in [1.29, 1.82) is 0 Å². The van der Waals surface area contributed by atoms with Crippen molar-refractivity contribution in [2.75, 3.05) is 25.9 Å². The molecule has 1 saturated heterocycles. The van der Waals surface area contributed by atoms with E-state index in [2.05, 4.69) is 53.8 Å². The molecule has 1 fully saturated rings. The lowest BCUT2D eigenvalue weighted by atomic mass is 10.1. The molecule has 5 rings (SSSR count). The van der Waals surface area contributed by atoms with E-state index in [0.29, 0.717) is 28.9 Å².